The fourth-order valence-corrected chi connectivity index (χ4v) is 2.58. The summed E-state index contributed by atoms with van der Waals surface area (Å²) in [6.07, 6.45) is 0.601. The number of nitro benzene ring substituents is 1. The van der Waals surface area contributed by atoms with Gasteiger partial charge in [0.25, 0.3) is 5.69 Å². The summed E-state index contributed by atoms with van der Waals surface area (Å²) in [6, 6.07) is 14.0. The Morgan fingerprint density at radius 3 is 2.43 bits per heavy atom. The molecule has 1 atom stereocenters. The number of ether oxygens (including phenoxy) is 1. The van der Waals surface area contributed by atoms with Crippen molar-refractivity contribution in [3.8, 4) is 5.75 Å². The third kappa shape index (κ3) is 2.94. The molecule has 0 saturated carbocycles. The van der Waals surface area contributed by atoms with Crippen molar-refractivity contribution in [2.24, 2.45) is 10.8 Å². The van der Waals surface area contributed by atoms with E-state index in [9.17, 15) is 10.1 Å². The van der Waals surface area contributed by atoms with Crippen LogP contribution in [0, 0.1) is 10.1 Å². The summed E-state index contributed by atoms with van der Waals surface area (Å²) in [5.74, 6) is 1.31. The van der Waals surface area contributed by atoms with Crippen molar-refractivity contribution < 1.29 is 9.66 Å². The molecule has 2 aromatic rings. The van der Waals surface area contributed by atoms with E-state index >= 15 is 0 Å². The number of anilines is 1. The first-order valence-corrected chi connectivity index (χ1v) is 7.09. The third-order valence-electron chi connectivity index (χ3n) is 3.76. The second-order valence-electron chi connectivity index (χ2n) is 5.20. The van der Waals surface area contributed by atoms with Crippen LogP contribution in [0.4, 0.5) is 11.4 Å². The molecule has 3 rings (SSSR count). The molecular weight excluding hydrogens is 296 g/mol. The Morgan fingerprint density at radius 2 is 1.87 bits per heavy atom. The summed E-state index contributed by atoms with van der Waals surface area (Å²) in [7, 11) is 1.62. The molecule has 118 valence electrons. The number of nitro groups is 1. The third-order valence-corrected chi connectivity index (χ3v) is 3.76. The van der Waals surface area contributed by atoms with Gasteiger partial charge in [0.05, 0.1) is 23.8 Å². The number of amidine groups is 1. The van der Waals surface area contributed by atoms with Gasteiger partial charge in [0, 0.05) is 18.6 Å². The van der Waals surface area contributed by atoms with E-state index in [1.807, 2.05) is 24.3 Å². The Labute approximate surface area is 133 Å². The molecule has 1 aliphatic heterocycles. The highest BCUT2D eigenvalue weighted by molar-refractivity contribution is 5.85. The highest BCUT2D eigenvalue weighted by Gasteiger charge is 2.28. The van der Waals surface area contributed by atoms with Gasteiger partial charge >= 0.3 is 0 Å². The average Bonchev–Trinajstić information content (AvgIpc) is 2.97. The molecule has 0 bridgehead atoms. The van der Waals surface area contributed by atoms with Gasteiger partial charge in [-0.05, 0) is 29.8 Å². The summed E-state index contributed by atoms with van der Waals surface area (Å²) < 4.78 is 5.17. The first-order valence-electron chi connectivity index (χ1n) is 7.09. The van der Waals surface area contributed by atoms with Gasteiger partial charge in [-0.2, -0.15) is 5.10 Å². The Kier molecular flexibility index (Phi) is 3.84. The van der Waals surface area contributed by atoms with Crippen LogP contribution in [0.1, 0.15) is 18.0 Å². The summed E-state index contributed by atoms with van der Waals surface area (Å²) in [5.41, 5.74) is 7.76. The predicted molar refractivity (Wildman–Crippen MR) is 87.5 cm³/mol. The van der Waals surface area contributed by atoms with E-state index in [0.29, 0.717) is 12.3 Å². The lowest BCUT2D eigenvalue weighted by Gasteiger charge is -2.23. The molecule has 1 aliphatic rings. The van der Waals surface area contributed by atoms with E-state index in [4.69, 9.17) is 10.5 Å². The SMILES string of the molecule is COc1ccc([C@H]2CC(N)=NN2c2ccc([N+](=O)[O-])cc2)cc1. The minimum atomic E-state index is -0.424. The maximum Gasteiger partial charge on any atom is 0.269 e. The monoisotopic (exact) mass is 312 g/mol. The quantitative estimate of drug-likeness (QED) is 0.692. The Hall–Kier alpha value is -3.09. The Balaban J connectivity index is 1.90. The molecule has 0 saturated heterocycles. The standard InChI is InChI=1S/C16H16N4O3/c1-23-14-8-2-11(3-9-14)15-10-16(17)18-19(15)12-4-6-13(7-5-12)20(21)22/h2-9,15H,10H2,1H3,(H2,17,18)/t15-/m1/s1. The van der Waals surface area contributed by atoms with Crippen LogP contribution < -0.4 is 15.5 Å². The number of non-ortho nitro benzene ring substituents is 1. The van der Waals surface area contributed by atoms with Crippen LogP contribution in [-0.4, -0.2) is 17.9 Å². The van der Waals surface area contributed by atoms with Crippen molar-refractivity contribution in [3.05, 3.63) is 64.2 Å². The lowest BCUT2D eigenvalue weighted by atomic mass is 10.0. The molecule has 0 spiro atoms. The molecule has 7 heteroatoms. The van der Waals surface area contributed by atoms with Gasteiger partial charge < -0.3 is 10.5 Å². The second-order valence-corrected chi connectivity index (χ2v) is 5.20. The van der Waals surface area contributed by atoms with Crippen LogP contribution in [0.2, 0.25) is 0 Å². The van der Waals surface area contributed by atoms with Crippen LogP contribution in [0.15, 0.2) is 53.6 Å². The summed E-state index contributed by atoms with van der Waals surface area (Å²) in [5, 5.41) is 16.9. The molecule has 0 aliphatic carbocycles. The van der Waals surface area contributed by atoms with E-state index in [0.717, 1.165) is 17.0 Å². The van der Waals surface area contributed by atoms with Crippen molar-refractivity contribution in [1.82, 2.24) is 0 Å². The minimum absolute atomic E-state index is 0.0395. The summed E-state index contributed by atoms with van der Waals surface area (Å²) in [4.78, 5) is 10.3. The highest BCUT2D eigenvalue weighted by atomic mass is 16.6. The number of hydrogen-bond donors (Lipinski definition) is 1. The lowest BCUT2D eigenvalue weighted by Crippen LogP contribution is -2.18. The van der Waals surface area contributed by atoms with Gasteiger partial charge in [-0.15, -0.1) is 0 Å². The molecule has 7 nitrogen and oxygen atoms in total. The minimum Gasteiger partial charge on any atom is -0.497 e. The zero-order valence-corrected chi connectivity index (χ0v) is 12.5. The van der Waals surface area contributed by atoms with E-state index in [1.54, 1.807) is 24.3 Å². The van der Waals surface area contributed by atoms with Gasteiger partial charge in [-0.1, -0.05) is 12.1 Å². The molecule has 0 radical (unpaired) electrons. The number of rotatable bonds is 4. The van der Waals surface area contributed by atoms with Gasteiger partial charge in [-0.3, -0.25) is 15.1 Å². The first kappa shape index (κ1) is 14.8. The van der Waals surface area contributed by atoms with Crippen molar-refractivity contribution in [2.75, 3.05) is 12.1 Å². The Morgan fingerprint density at radius 1 is 1.22 bits per heavy atom. The van der Waals surface area contributed by atoms with Gasteiger partial charge in [0.2, 0.25) is 0 Å². The number of benzene rings is 2. The van der Waals surface area contributed by atoms with Crippen molar-refractivity contribution in [2.45, 2.75) is 12.5 Å². The average molecular weight is 312 g/mol. The van der Waals surface area contributed by atoms with Gasteiger partial charge in [-0.25, -0.2) is 0 Å². The molecule has 0 aromatic heterocycles. The maximum absolute atomic E-state index is 10.8. The van der Waals surface area contributed by atoms with Crippen molar-refractivity contribution in [1.29, 1.82) is 0 Å². The smallest absolute Gasteiger partial charge is 0.269 e. The number of hydrazone groups is 1. The van der Waals surface area contributed by atoms with Crippen LogP contribution >= 0.6 is 0 Å². The van der Waals surface area contributed by atoms with E-state index < -0.39 is 4.92 Å². The number of nitrogens with two attached hydrogens (primary N) is 1. The van der Waals surface area contributed by atoms with E-state index in [1.165, 1.54) is 12.1 Å². The molecular formula is C16H16N4O3. The highest BCUT2D eigenvalue weighted by Crippen LogP contribution is 2.35. The zero-order chi connectivity index (χ0) is 16.4. The fourth-order valence-electron chi connectivity index (χ4n) is 2.58. The molecule has 2 N–H and O–H groups in total. The van der Waals surface area contributed by atoms with Crippen LogP contribution in [0.3, 0.4) is 0 Å². The van der Waals surface area contributed by atoms with Crippen molar-refractivity contribution >= 4 is 17.2 Å². The summed E-state index contributed by atoms with van der Waals surface area (Å²) in [6.45, 7) is 0. The lowest BCUT2D eigenvalue weighted by molar-refractivity contribution is -0.384. The molecule has 23 heavy (non-hydrogen) atoms. The van der Waals surface area contributed by atoms with Gasteiger partial charge in [0.15, 0.2) is 0 Å². The van der Waals surface area contributed by atoms with Gasteiger partial charge in [0.1, 0.15) is 11.6 Å². The van der Waals surface area contributed by atoms with Crippen LogP contribution in [-0.2, 0) is 0 Å². The van der Waals surface area contributed by atoms with Crippen LogP contribution in [0.5, 0.6) is 5.75 Å². The predicted octanol–water partition coefficient (Wildman–Crippen LogP) is 2.83. The zero-order valence-electron chi connectivity index (χ0n) is 12.5. The van der Waals surface area contributed by atoms with E-state index in [2.05, 4.69) is 5.10 Å². The normalized spacial score (nSPS) is 17.0. The Bertz CT molecular complexity index is 741. The summed E-state index contributed by atoms with van der Waals surface area (Å²) >= 11 is 0. The van der Waals surface area contributed by atoms with E-state index in [-0.39, 0.29) is 11.7 Å². The number of nitrogens with zero attached hydrogens (tertiary/aromatic N) is 3. The molecule has 2 aromatic carbocycles. The number of methoxy groups -OCH3 is 1. The topological polar surface area (TPSA) is 94.0 Å². The first-order chi connectivity index (χ1) is 11.1. The fraction of sp³-hybridized carbons (Fsp3) is 0.188. The van der Waals surface area contributed by atoms with Crippen LogP contribution in [0.25, 0.3) is 0 Å². The molecule has 0 fully saturated rings. The maximum atomic E-state index is 10.8. The number of hydrogen-bond acceptors (Lipinski definition) is 6. The second kappa shape index (κ2) is 5.96. The molecule has 1 heterocycles. The van der Waals surface area contributed by atoms with Crippen molar-refractivity contribution in [3.63, 3.8) is 0 Å². The largest absolute Gasteiger partial charge is 0.497 e. The molecule has 0 amide bonds. The molecule has 0 unspecified atom stereocenters.